The molecular weight excluding hydrogens is 1020 g/mol. The highest BCUT2D eigenvalue weighted by atomic mass is 32.1. The van der Waals surface area contributed by atoms with Crippen LogP contribution in [0.15, 0.2) is 146 Å². The molecule has 3 nitrogen and oxygen atoms in total. The predicted octanol–water partition coefficient (Wildman–Crippen LogP) is 19.5. The number of fused-ring (bicyclic) bond motifs is 14. The van der Waals surface area contributed by atoms with E-state index in [1.54, 1.807) is 0 Å². The van der Waals surface area contributed by atoms with Gasteiger partial charge in [0, 0.05) is 71.5 Å². The van der Waals surface area contributed by atoms with E-state index in [4.69, 9.17) is 0 Å². The first-order chi connectivity index (χ1) is 39.4. The van der Waals surface area contributed by atoms with Gasteiger partial charge < -0.3 is 14.7 Å². The van der Waals surface area contributed by atoms with Crippen molar-refractivity contribution in [3.63, 3.8) is 0 Å². The van der Waals surface area contributed by atoms with E-state index < -0.39 is 0 Å². The van der Waals surface area contributed by atoms with Crippen molar-refractivity contribution < 1.29 is 0 Å². The zero-order chi connectivity index (χ0) is 57.5. The van der Waals surface area contributed by atoms with Crippen molar-refractivity contribution >= 4 is 100 Å². The Labute approximate surface area is 499 Å². The lowest BCUT2D eigenvalue weighted by Gasteiger charge is -2.52. The molecule has 5 heteroatoms. The molecule has 0 saturated heterocycles. The molecule has 418 valence electrons. The van der Waals surface area contributed by atoms with Gasteiger partial charge in [-0.25, -0.2) is 0 Å². The Balaban J connectivity index is 1.09. The van der Waals surface area contributed by atoms with Gasteiger partial charge in [0.25, 0.3) is 6.71 Å². The van der Waals surface area contributed by atoms with Crippen LogP contribution in [0.3, 0.4) is 0 Å². The average molecular weight is 1100 g/mol. The fourth-order valence-corrected chi connectivity index (χ4v) is 19.6. The maximum Gasteiger partial charge on any atom is 0.252 e. The van der Waals surface area contributed by atoms with Crippen molar-refractivity contribution in [2.45, 2.75) is 192 Å². The second kappa shape index (κ2) is 16.7. The van der Waals surface area contributed by atoms with Gasteiger partial charge in [-0.05, 0) is 188 Å². The first-order valence-electron chi connectivity index (χ1n) is 31.6. The topological polar surface area (TPSA) is 9.72 Å². The predicted molar refractivity (Wildman–Crippen MR) is 357 cm³/mol. The van der Waals surface area contributed by atoms with Gasteiger partial charge in [-0.2, -0.15) is 0 Å². The van der Waals surface area contributed by atoms with Crippen LogP contribution in [-0.2, 0) is 37.9 Å². The van der Waals surface area contributed by atoms with Gasteiger partial charge in [0.05, 0.1) is 15.9 Å². The molecule has 0 amide bonds. The van der Waals surface area contributed by atoms with Crippen LogP contribution in [-0.4, -0.2) is 12.3 Å². The fraction of sp³-hybridized carbons (Fsp3) is 0.385. The standard InChI is InChI=1S/C78H82BN3S/c1-71(2)36-37-72(3,4)55-40-47(32-33-51(55)71)80-64-45-57-56(73(5,6)38-39-74(57,7)8)43-60(64)79-61-44-58-59(76(11,12)53-27-17-16-26-52(53)75(58,9)10)46-65(61)81(63-30-23-25-50-49-24-15-20-31-68(49)83-70(50)63)67-42-48(41-66(80)69(67)79)82-62-29-19-18-28-54(62)77(13)34-21-22-35-78(77,82)14/h15-20,23-33,40-46H,21-22,34-39H2,1-14H3. The number of nitrogens with zero attached hydrogens (tertiary/aromatic N) is 3. The molecular formula is C78H82BN3S. The molecule has 1 saturated carbocycles. The van der Waals surface area contributed by atoms with E-state index in [0.29, 0.717) is 0 Å². The summed E-state index contributed by atoms with van der Waals surface area (Å²) in [5.74, 6) is 0. The van der Waals surface area contributed by atoms with E-state index in [1.807, 2.05) is 11.3 Å². The lowest BCUT2D eigenvalue weighted by molar-refractivity contribution is 0.195. The van der Waals surface area contributed by atoms with Crippen LogP contribution in [0.5, 0.6) is 0 Å². The molecule has 0 spiro atoms. The van der Waals surface area contributed by atoms with Crippen molar-refractivity contribution in [2.75, 3.05) is 14.7 Å². The summed E-state index contributed by atoms with van der Waals surface area (Å²) < 4.78 is 2.67. The van der Waals surface area contributed by atoms with E-state index in [-0.39, 0.29) is 50.2 Å². The monoisotopic (exact) mass is 1100 g/mol. The zero-order valence-electron chi connectivity index (χ0n) is 51.8. The molecule has 4 aliphatic carbocycles. The third-order valence-electron chi connectivity index (χ3n) is 23.8. The largest absolute Gasteiger partial charge is 0.334 e. The van der Waals surface area contributed by atoms with Crippen LogP contribution >= 0.6 is 11.3 Å². The number of para-hydroxylation sites is 1. The summed E-state index contributed by atoms with van der Waals surface area (Å²) in [6.45, 7) is 35.2. The van der Waals surface area contributed by atoms with Crippen LogP contribution < -0.4 is 31.1 Å². The van der Waals surface area contributed by atoms with Crippen molar-refractivity contribution in [1.29, 1.82) is 0 Å². The Morgan fingerprint density at radius 3 is 1.55 bits per heavy atom. The average Bonchev–Trinajstić information content (AvgIpc) is 2.59. The van der Waals surface area contributed by atoms with Crippen molar-refractivity contribution in [1.82, 2.24) is 0 Å². The maximum atomic E-state index is 2.86. The van der Waals surface area contributed by atoms with Crippen molar-refractivity contribution in [2.24, 2.45) is 0 Å². The normalized spacial score (nSPS) is 23.7. The number of hydrogen-bond acceptors (Lipinski definition) is 4. The zero-order valence-corrected chi connectivity index (χ0v) is 52.7. The summed E-state index contributed by atoms with van der Waals surface area (Å²) in [5.41, 5.74) is 27.5. The molecule has 0 bridgehead atoms. The van der Waals surface area contributed by atoms with Crippen LogP contribution in [0.25, 0.3) is 20.2 Å². The van der Waals surface area contributed by atoms with E-state index in [1.165, 1.54) is 164 Å². The molecule has 16 rings (SSSR count). The number of thiophene rings is 1. The molecule has 0 radical (unpaired) electrons. The van der Waals surface area contributed by atoms with E-state index in [2.05, 4.69) is 257 Å². The highest BCUT2D eigenvalue weighted by molar-refractivity contribution is 7.26. The molecule has 2 unspecified atom stereocenters. The summed E-state index contributed by atoms with van der Waals surface area (Å²) >= 11 is 1.96. The quantitative estimate of drug-likeness (QED) is 0.163. The molecule has 0 N–H and O–H groups in total. The van der Waals surface area contributed by atoms with Gasteiger partial charge in [-0.3, -0.25) is 0 Å². The summed E-state index contributed by atoms with van der Waals surface area (Å²) in [6.07, 6.45) is 9.48. The first kappa shape index (κ1) is 52.0. The van der Waals surface area contributed by atoms with Crippen LogP contribution in [0.4, 0.5) is 45.5 Å². The van der Waals surface area contributed by atoms with Gasteiger partial charge in [0.2, 0.25) is 0 Å². The number of rotatable bonds is 3. The van der Waals surface area contributed by atoms with E-state index >= 15 is 0 Å². The van der Waals surface area contributed by atoms with Gasteiger partial charge in [-0.15, -0.1) is 11.3 Å². The minimum absolute atomic E-state index is 0.00622. The maximum absolute atomic E-state index is 2.86. The van der Waals surface area contributed by atoms with Crippen molar-refractivity contribution in [3.8, 4) is 0 Å². The summed E-state index contributed by atoms with van der Waals surface area (Å²) in [6, 6.07) is 59.2. The van der Waals surface area contributed by atoms with Crippen LogP contribution in [0, 0.1) is 0 Å². The molecule has 3 aliphatic heterocycles. The molecule has 83 heavy (non-hydrogen) atoms. The third kappa shape index (κ3) is 6.76. The van der Waals surface area contributed by atoms with Crippen LogP contribution in [0.1, 0.15) is 198 Å². The smallest absolute Gasteiger partial charge is 0.252 e. The summed E-state index contributed by atoms with van der Waals surface area (Å²) in [4.78, 5) is 8.47. The Morgan fingerprint density at radius 1 is 0.361 bits per heavy atom. The second-order valence-corrected chi connectivity index (χ2v) is 31.9. The molecule has 8 aromatic carbocycles. The fourth-order valence-electron chi connectivity index (χ4n) is 18.4. The highest BCUT2D eigenvalue weighted by Gasteiger charge is 2.59. The SMILES string of the molecule is CC1(C)CCC(C)(C)c2cc(N3c4cc5c(cc4B4c6cc7c(cc6N(c6cccc8c6sc6ccccc68)c6cc(N8c9ccccc9C9(C)CCCCC89C)cc3c64)C(C)(C)c3ccccc3C7(C)C)C(C)(C)CCC5(C)C)ccc21. The highest BCUT2D eigenvalue weighted by Crippen LogP contribution is 2.63. The number of hydrogen-bond donors (Lipinski definition) is 0. The van der Waals surface area contributed by atoms with Crippen molar-refractivity contribution in [3.05, 3.63) is 196 Å². The molecule has 1 fully saturated rings. The minimum atomic E-state index is -0.247. The third-order valence-corrected chi connectivity index (χ3v) is 25.0. The molecule has 2 atom stereocenters. The number of benzene rings is 8. The Kier molecular flexibility index (Phi) is 10.4. The van der Waals surface area contributed by atoms with Gasteiger partial charge >= 0.3 is 0 Å². The molecule has 9 aromatic rings. The van der Waals surface area contributed by atoms with Crippen LogP contribution in [0.2, 0.25) is 0 Å². The lowest BCUT2D eigenvalue weighted by atomic mass is 9.32. The Morgan fingerprint density at radius 2 is 0.867 bits per heavy atom. The number of anilines is 8. The molecule has 7 aliphatic rings. The van der Waals surface area contributed by atoms with Gasteiger partial charge in [0.15, 0.2) is 0 Å². The molecule has 4 heterocycles. The van der Waals surface area contributed by atoms with E-state index in [0.717, 1.165) is 19.3 Å². The van der Waals surface area contributed by atoms with Gasteiger partial charge in [-0.1, -0.05) is 194 Å². The first-order valence-corrected chi connectivity index (χ1v) is 32.4. The summed E-state index contributed by atoms with van der Waals surface area (Å²) in [5, 5.41) is 2.66. The summed E-state index contributed by atoms with van der Waals surface area (Å²) in [7, 11) is 0. The Bertz CT molecular complexity index is 4320. The second-order valence-electron chi connectivity index (χ2n) is 30.9. The minimum Gasteiger partial charge on any atom is -0.334 e. The lowest BCUT2D eigenvalue weighted by Crippen LogP contribution is -2.62. The van der Waals surface area contributed by atoms with E-state index in [9.17, 15) is 0 Å². The molecule has 1 aromatic heterocycles. The van der Waals surface area contributed by atoms with Gasteiger partial charge in [0.1, 0.15) is 0 Å². The Hall–Kier alpha value is -6.56.